The van der Waals surface area contributed by atoms with Gasteiger partial charge in [0.15, 0.2) is 11.5 Å². The van der Waals surface area contributed by atoms with E-state index in [1.165, 1.54) is 31.2 Å². The number of benzene rings is 1. The zero-order chi connectivity index (χ0) is 13.5. The second kappa shape index (κ2) is 7.39. The van der Waals surface area contributed by atoms with Crippen molar-refractivity contribution in [2.24, 2.45) is 5.73 Å². The molecule has 0 saturated heterocycles. The van der Waals surface area contributed by atoms with Gasteiger partial charge in [0.05, 0.1) is 13.2 Å². The maximum atomic E-state index is 6.09. The zero-order valence-electron chi connectivity index (χ0n) is 11.9. The topological polar surface area (TPSA) is 44.5 Å². The van der Waals surface area contributed by atoms with Crippen LogP contribution >= 0.6 is 0 Å². The lowest BCUT2D eigenvalue weighted by Gasteiger charge is -2.17. The minimum Gasteiger partial charge on any atom is -0.493 e. The normalized spacial score (nSPS) is 15.7. The van der Waals surface area contributed by atoms with Gasteiger partial charge in [-0.3, -0.25) is 0 Å². The lowest BCUT2D eigenvalue weighted by molar-refractivity contribution is 0.200. The second-order valence-electron chi connectivity index (χ2n) is 5.26. The Bertz CT molecular complexity index is 386. The first-order chi connectivity index (χ1) is 9.33. The predicted molar refractivity (Wildman–Crippen MR) is 77.9 cm³/mol. The average Bonchev–Trinajstić information content (AvgIpc) is 2.92. The molecule has 0 heterocycles. The van der Waals surface area contributed by atoms with Gasteiger partial charge in [-0.25, -0.2) is 0 Å². The molecule has 1 aliphatic rings. The first kappa shape index (κ1) is 14.2. The molecule has 1 aromatic carbocycles. The number of nitrogens with two attached hydrogens (primary N) is 1. The Hall–Kier alpha value is -1.22. The lowest BCUT2D eigenvalue weighted by Crippen LogP contribution is -2.11. The minimum atomic E-state index is 0.369. The van der Waals surface area contributed by atoms with E-state index in [2.05, 4.69) is 12.1 Å². The third-order valence-electron chi connectivity index (χ3n) is 3.74. The summed E-state index contributed by atoms with van der Waals surface area (Å²) < 4.78 is 11.5. The molecular formula is C16H25NO2. The van der Waals surface area contributed by atoms with Crippen molar-refractivity contribution in [1.82, 2.24) is 0 Å². The predicted octanol–water partition coefficient (Wildman–Crippen LogP) is 3.30. The Labute approximate surface area is 116 Å². The maximum Gasteiger partial charge on any atom is 0.161 e. The van der Waals surface area contributed by atoms with Crippen molar-refractivity contribution in [3.05, 3.63) is 23.8 Å². The summed E-state index contributed by atoms with van der Waals surface area (Å²) >= 11 is 0. The SMILES string of the molecule is COc1ccc(CCCCN)cc1OC1CCCC1. The molecule has 0 aliphatic heterocycles. The van der Waals surface area contributed by atoms with Crippen LogP contribution in [0.5, 0.6) is 11.5 Å². The quantitative estimate of drug-likeness (QED) is 0.768. The van der Waals surface area contributed by atoms with Crippen molar-refractivity contribution in [2.45, 2.75) is 51.0 Å². The molecule has 0 atom stereocenters. The number of rotatable bonds is 7. The average molecular weight is 263 g/mol. The van der Waals surface area contributed by atoms with Gasteiger partial charge in [0, 0.05) is 0 Å². The van der Waals surface area contributed by atoms with Gasteiger partial charge in [0.25, 0.3) is 0 Å². The molecule has 1 fully saturated rings. The molecule has 0 amide bonds. The van der Waals surface area contributed by atoms with Gasteiger partial charge < -0.3 is 15.2 Å². The van der Waals surface area contributed by atoms with Crippen molar-refractivity contribution in [1.29, 1.82) is 0 Å². The van der Waals surface area contributed by atoms with E-state index in [1.54, 1.807) is 7.11 Å². The van der Waals surface area contributed by atoms with Gasteiger partial charge in [0.2, 0.25) is 0 Å². The van der Waals surface area contributed by atoms with Crippen LogP contribution in [-0.2, 0) is 6.42 Å². The Kier molecular flexibility index (Phi) is 5.52. The van der Waals surface area contributed by atoms with Crippen LogP contribution in [0.15, 0.2) is 18.2 Å². The highest BCUT2D eigenvalue weighted by Gasteiger charge is 2.18. The van der Waals surface area contributed by atoms with Crippen LogP contribution in [0, 0.1) is 0 Å². The second-order valence-corrected chi connectivity index (χ2v) is 5.26. The van der Waals surface area contributed by atoms with Gasteiger partial charge in [-0.05, 0) is 69.2 Å². The van der Waals surface area contributed by atoms with E-state index < -0.39 is 0 Å². The molecular weight excluding hydrogens is 238 g/mol. The molecule has 1 saturated carbocycles. The standard InChI is InChI=1S/C16H25NO2/c1-18-15-10-9-13(6-4-5-11-17)12-16(15)19-14-7-2-3-8-14/h9-10,12,14H,2-8,11,17H2,1H3. The monoisotopic (exact) mass is 263 g/mol. The molecule has 0 radical (unpaired) electrons. The molecule has 1 aromatic rings. The Morgan fingerprint density at radius 3 is 2.63 bits per heavy atom. The molecule has 19 heavy (non-hydrogen) atoms. The molecule has 0 unspecified atom stereocenters. The lowest BCUT2D eigenvalue weighted by atomic mass is 10.1. The van der Waals surface area contributed by atoms with Crippen LogP contribution < -0.4 is 15.2 Å². The van der Waals surface area contributed by atoms with Crippen molar-refractivity contribution < 1.29 is 9.47 Å². The van der Waals surface area contributed by atoms with Gasteiger partial charge >= 0.3 is 0 Å². The Morgan fingerprint density at radius 2 is 1.95 bits per heavy atom. The van der Waals surface area contributed by atoms with E-state index in [0.29, 0.717) is 6.10 Å². The summed E-state index contributed by atoms with van der Waals surface area (Å²) in [6.45, 7) is 0.765. The molecule has 1 aliphatic carbocycles. The first-order valence-corrected chi connectivity index (χ1v) is 7.37. The Morgan fingerprint density at radius 1 is 1.16 bits per heavy atom. The molecule has 106 valence electrons. The van der Waals surface area contributed by atoms with E-state index in [1.807, 2.05) is 6.07 Å². The Balaban J connectivity index is 2.02. The van der Waals surface area contributed by atoms with Crippen molar-refractivity contribution in [3.8, 4) is 11.5 Å². The number of ether oxygens (including phenoxy) is 2. The van der Waals surface area contributed by atoms with Crippen molar-refractivity contribution in [2.75, 3.05) is 13.7 Å². The smallest absolute Gasteiger partial charge is 0.161 e. The minimum absolute atomic E-state index is 0.369. The fourth-order valence-corrected chi connectivity index (χ4v) is 2.63. The third kappa shape index (κ3) is 4.13. The molecule has 3 heteroatoms. The van der Waals surface area contributed by atoms with Gasteiger partial charge in [0.1, 0.15) is 0 Å². The van der Waals surface area contributed by atoms with Crippen LogP contribution in [0.25, 0.3) is 0 Å². The van der Waals surface area contributed by atoms with Crippen LogP contribution in [0.4, 0.5) is 0 Å². The highest BCUT2D eigenvalue weighted by molar-refractivity contribution is 5.43. The van der Waals surface area contributed by atoms with Crippen molar-refractivity contribution in [3.63, 3.8) is 0 Å². The van der Waals surface area contributed by atoms with E-state index >= 15 is 0 Å². The van der Waals surface area contributed by atoms with Gasteiger partial charge in [-0.2, -0.15) is 0 Å². The number of unbranched alkanes of at least 4 members (excludes halogenated alkanes) is 1. The van der Waals surface area contributed by atoms with E-state index in [-0.39, 0.29) is 0 Å². The summed E-state index contributed by atoms with van der Waals surface area (Å²) in [4.78, 5) is 0. The van der Waals surface area contributed by atoms with Gasteiger partial charge in [-0.1, -0.05) is 6.07 Å². The van der Waals surface area contributed by atoms with Crippen molar-refractivity contribution >= 4 is 0 Å². The molecule has 3 nitrogen and oxygen atoms in total. The summed E-state index contributed by atoms with van der Waals surface area (Å²) in [6, 6.07) is 6.27. The summed E-state index contributed by atoms with van der Waals surface area (Å²) in [7, 11) is 1.70. The van der Waals surface area contributed by atoms with Crippen LogP contribution in [0.3, 0.4) is 0 Å². The molecule has 0 spiro atoms. The third-order valence-corrected chi connectivity index (χ3v) is 3.74. The van der Waals surface area contributed by atoms with Crippen LogP contribution in [-0.4, -0.2) is 19.8 Å². The highest BCUT2D eigenvalue weighted by atomic mass is 16.5. The molecule has 2 rings (SSSR count). The van der Waals surface area contributed by atoms with Crippen LogP contribution in [0.1, 0.15) is 44.1 Å². The number of methoxy groups -OCH3 is 1. The number of hydrogen-bond acceptors (Lipinski definition) is 3. The summed E-state index contributed by atoms with van der Waals surface area (Å²) in [5.41, 5.74) is 6.84. The summed E-state index contributed by atoms with van der Waals surface area (Å²) in [5, 5.41) is 0. The molecule has 0 bridgehead atoms. The fourth-order valence-electron chi connectivity index (χ4n) is 2.63. The summed E-state index contributed by atoms with van der Waals surface area (Å²) in [5.74, 6) is 1.74. The van der Waals surface area contributed by atoms with E-state index in [9.17, 15) is 0 Å². The van der Waals surface area contributed by atoms with E-state index in [4.69, 9.17) is 15.2 Å². The molecule has 2 N–H and O–H groups in total. The highest BCUT2D eigenvalue weighted by Crippen LogP contribution is 2.32. The van der Waals surface area contributed by atoms with Gasteiger partial charge in [-0.15, -0.1) is 0 Å². The number of aryl methyl sites for hydroxylation is 1. The van der Waals surface area contributed by atoms with Crippen LogP contribution in [0.2, 0.25) is 0 Å². The maximum absolute atomic E-state index is 6.09. The first-order valence-electron chi connectivity index (χ1n) is 7.37. The summed E-state index contributed by atoms with van der Waals surface area (Å²) in [6.07, 6.45) is 8.53. The molecule has 0 aromatic heterocycles. The fraction of sp³-hybridized carbons (Fsp3) is 0.625. The number of hydrogen-bond donors (Lipinski definition) is 1. The zero-order valence-corrected chi connectivity index (χ0v) is 11.9. The van der Waals surface area contributed by atoms with E-state index in [0.717, 1.165) is 37.3 Å². The largest absolute Gasteiger partial charge is 0.493 e.